The monoisotopic (exact) mass is 384 g/mol. The van der Waals surface area contributed by atoms with E-state index < -0.39 is 5.60 Å². The first-order chi connectivity index (χ1) is 13.7. The summed E-state index contributed by atoms with van der Waals surface area (Å²) in [4.78, 5) is 30.3. The highest BCUT2D eigenvalue weighted by atomic mass is 16.5. The zero-order chi connectivity index (χ0) is 19.4. The molecule has 2 heterocycles. The van der Waals surface area contributed by atoms with Crippen molar-refractivity contribution in [1.82, 2.24) is 4.90 Å². The summed E-state index contributed by atoms with van der Waals surface area (Å²) < 4.78 is 6.14. The molecule has 1 aromatic rings. The van der Waals surface area contributed by atoms with Gasteiger partial charge in [0.15, 0.2) is 5.60 Å². The number of para-hydroxylation sites is 1. The molecule has 1 spiro atoms. The number of nitrogens with zero attached hydrogens (tertiary/aromatic N) is 2. The van der Waals surface area contributed by atoms with Gasteiger partial charge in [-0.15, -0.1) is 0 Å². The number of morpholine rings is 1. The molecule has 0 N–H and O–H groups in total. The molecule has 4 rings (SSSR count). The molecule has 152 valence electrons. The molecule has 3 aliphatic rings. The van der Waals surface area contributed by atoms with Crippen LogP contribution in [0.1, 0.15) is 57.8 Å². The number of hydrogen-bond acceptors (Lipinski definition) is 3. The number of ether oxygens (including phenoxy) is 1. The zero-order valence-electron chi connectivity index (χ0n) is 16.8. The summed E-state index contributed by atoms with van der Waals surface area (Å²) in [7, 11) is 0. The van der Waals surface area contributed by atoms with Crippen LogP contribution in [-0.4, -0.2) is 48.6 Å². The van der Waals surface area contributed by atoms with Crippen molar-refractivity contribution >= 4 is 17.5 Å². The summed E-state index contributed by atoms with van der Waals surface area (Å²) in [5.74, 6) is 0.745. The van der Waals surface area contributed by atoms with Gasteiger partial charge in [0.25, 0.3) is 5.91 Å². The molecule has 1 aromatic carbocycles. The highest BCUT2D eigenvalue weighted by molar-refractivity contribution is 6.00. The van der Waals surface area contributed by atoms with E-state index in [-0.39, 0.29) is 11.8 Å². The van der Waals surface area contributed by atoms with Crippen LogP contribution in [0.5, 0.6) is 0 Å². The van der Waals surface area contributed by atoms with E-state index in [4.69, 9.17) is 4.74 Å². The topological polar surface area (TPSA) is 49.9 Å². The number of amides is 2. The molecule has 1 aliphatic carbocycles. The van der Waals surface area contributed by atoms with Crippen LogP contribution in [0.25, 0.3) is 0 Å². The number of carbonyl (C=O) groups excluding carboxylic acids is 2. The van der Waals surface area contributed by atoms with Crippen LogP contribution in [0.4, 0.5) is 5.69 Å². The second-order valence-electron chi connectivity index (χ2n) is 8.62. The molecule has 2 aliphatic heterocycles. The number of hydrogen-bond donors (Lipinski definition) is 0. The quantitative estimate of drug-likeness (QED) is 0.797. The van der Waals surface area contributed by atoms with Gasteiger partial charge >= 0.3 is 0 Å². The molecule has 1 saturated carbocycles. The number of rotatable bonds is 3. The van der Waals surface area contributed by atoms with Gasteiger partial charge in [-0.3, -0.25) is 9.59 Å². The van der Waals surface area contributed by atoms with E-state index in [0.717, 1.165) is 18.5 Å². The van der Waals surface area contributed by atoms with Gasteiger partial charge in [0, 0.05) is 25.2 Å². The van der Waals surface area contributed by atoms with Crippen LogP contribution < -0.4 is 4.90 Å². The Balaban J connectivity index is 1.49. The fraction of sp³-hybridized carbons (Fsp3) is 0.652. The third-order valence-electron chi connectivity index (χ3n) is 6.64. The van der Waals surface area contributed by atoms with E-state index in [0.29, 0.717) is 45.0 Å². The van der Waals surface area contributed by atoms with Gasteiger partial charge in [0.1, 0.15) is 0 Å². The zero-order valence-corrected chi connectivity index (χ0v) is 16.8. The van der Waals surface area contributed by atoms with Gasteiger partial charge in [-0.2, -0.15) is 0 Å². The predicted molar refractivity (Wildman–Crippen MR) is 109 cm³/mol. The van der Waals surface area contributed by atoms with Gasteiger partial charge in [0.05, 0.1) is 13.2 Å². The highest BCUT2D eigenvalue weighted by Crippen LogP contribution is 2.33. The van der Waals surface area contributed by atoms with Gasteiger partial charge < -0.3 is 14.5 Å². The number of carbonyl (C=O) groups is 2. The second-order valence-corrected chi connectivity index (χ2v) is 8.62. The van der Waals surface area contributed by atoms with Crippen LogP contribution >= 0.6 is 0 Å². The van der Waals surface area contributed by atoms with Crippen LogP contribution in [0, 0.1) is 5.92 Å². The smallest absolute Gasteiger partial charge is 0.261 e. The van der Waals surface area contributed by atoms with Gasteiger partial charge in [-0.25, -0.2) is 0 Å². The van der Waals surface area contributed by atoms with Crippen molar-refractivity contribution in [3.63, 3.8) is 0 Å². The molecular weight excluding hydrogens is 352 g/mol. The summed E-state index contributed by atoms with van der Waals surface area (Å²) in [6.45, 7) is 2.17. The second kappa shape index (κ2) is 8.64. The first kappa shape index (κ1) is 19.4. The Morgan fingerprint density at radius 2 is 1.82 bits per heavy atom. The van der Waals surface area contributed by atoms with Crippen molar-refractivity contribution in [2.45, 2.75) is 63.4 Å². The van der Waals surface area contributed by atoms with E-state index in [2.05, 4.69) is 0 Å². The molecule has 3 fully saturated rings. The van der Waals surface area contributed by atoms with Gasteiger partial charge in [0.2, 0.25) is 5.91 Å². The van der Waals surface area contributed by atoms with Gasteiger partial charge in [-0.1, -0.05) is 37.5 Å². The van der Waals surface area contributed by atoms with Crippen LogP contribution in [0.3, 0.4) is 0 Å². The van der Waals surface area contributed by atoms with E-state index in [9.17, 15) is 9.59 Å². The Morgan fingerprint density at radius 3 is 2.61 bits per heavy atom. The van der Waals surface area contributed by atoms with Crippen molar-refractivity contribution in [3.05, 3.63) is 30.3 Å². The molecular formula is C23H32N2O3. The maximum Gasteiger partial charge on any atom is 0.261 e. The summed E-state index contributed by atoms with van der Waals surface area (Å²) >= 11 is 0. The Hall–Kier alpha value is -1.88. The van der Waals surface area contributed by atoms with E-state index in [1.165, 1.54) is 32.1 Å². The van der Waals surface area contributed by atoms with Gasteiger partial charge in [-0.05, 0) is 50.2 Å². The van der Waals surface area contributed by atoms with E-state index >= 15 is 0 Å². The molecule has 0 aromatic heterocycles. The fourth-order valence-electron chi connectivity index (χ4n) is 5.03. The van der Waals surface area contributed by atoms with Crippen molar-refractivity contribution in [3.8, 4) is 0 Å². The van der Waals surface area contributed by atoms with Crippen molar-refractivity contribution in [2.75, 3.05) is 31.1 Å². The number of benzene rings is 1. The molecule has 28 heavy (non-hydrogen) atoms. The van der Waals surface area contributed by atoms with Crippen molar-refractivity contribution < 1.29 is 14.3 Å². The molecule has 2 saturated heterocycles. The first-order valence-corrected chi connectivity index (χ1v) is 11.0. The maximum absolute atomic E-state index is 13.5. The lowest BCUT2D eigenvalue weighted by Crippen LogP contribution is -2.61. The van der Waals surface area contributed by atoms with E-state index in [1.807, 2.05) is 40.1 Å². The Labute approximate surface area is 168 Å². The minimum Gasteiger partial charge on any atom is -0.361 e. The molecule has 5 nitrogen and oxygen atoms in total. The average molecular weight is 385 g/mol. The third-order valence-corrected chi connectivity index (χ3v) is 6.64. The maximum atomic E-state index is 13.5. The number of anilines is 1. The summed E-state index contributed by atoms with van der Waals surface area (Å²) in [6.07, 6.45) is 9.36. The standard InChI is InChI=1S/C23H32N2O3/c26-21(17-19-9-3-1-4-10-19)24-15-16-28-23(18-24)13-7-8-14-25(22(23)27)20-11-5-2-6-12-20/h2,5-6,11-12,19H,1,3-4,7-10,13-18H2. The molecule has 1 atom stereocenters. The van der Waals surface area contributed by atoms with Crippen molar-refractivity contribution in [1.29, 1.82) is 0 Å². The minimum absolute atomic E-state index is 0.0198. The van der Waals surface area contributed by atoms with Crippen LogP contribution in [0.2, 0.25) is 0 Å². The lowest BCUT2D eigenvalue weighted by atomic mass is 9.86. The summed E-state index contributed by atoms with van der Waals surface area (Å²) in [5.41, 5.74) is 0.0373. The molecule has 0 radical (unpaired) electrons. The minimum atomic E-state index is -0.882. The lowest BCUT2D eigenvalue weighted by molar-refractivity contribution is -0.165. The van der Waals surface area contributed by atoms with Crippen LogP contribution in [-0.2, 0) is 14.3 Å². The summed E-state index contributed by atoms with van der Waals surface area (Å²) in [5, 5.41) is 0. The van der Waals surface area contributed by atoms with Crippen molar-refractivity contribution in [2.24, 2.45) is 5.92 Å². The Bertz CT molecular complexity index is 686. The third kappa shape index (κ3) is 4.09. The SMILES string of the molecule is O=C(CC1CCCCC1)N1CCOC2(CCCCN(c3ccccc3)C2=O)C1. The Kier molecular flexibility index (Phi) is 6.00. The average Bonchev–Trinajstić information content (AvgIpc) is 2.89. The molecule has 1 unspecified atom stereocenters. The lowest BCUT2D eigenvalue weighted by Gasteiger charge is -2.43. The Morgan fingerprint density at radius 1 is 1.04 bits per heavy atom. The molecule has 0 bridgehead atoms. The largest absolute Gasteiger partial charge is 0.361 e. The highest BCUT2D eigenvalue weighted by Gasteiger charge is 2.48. The van der Waals surface area contributed by atoms with E-state index in [1.54, 1.807) is 0 Å². The molecule has 2 amide bonds. The fourth-order valence-corrected chi connectivity index (χ4v) is 5.03. The van der Waals surface area contributed by atoms with Crippen LogP contribution in [0.15, 0.2) is 30.3 Å². The summed E-state index contributed by atoms with van der Waals surface area (Å²) in [6, 6.07) is 9.84. The molecule has 5 heteroatoms. The first-order valence-electron chi connectivity index (χ1n) is 11.0. The predicted octanol–water partition coefficient (Wildman–Crippen LogP) is 3.77. The normalized spacial score (nSPS) is 27.1.